The van der Waals surface area contributed by atoms with E-state index in [4.69, 9.17) is 10.2 Å². The standard InChI is InChI=1S/C20H32N2O4/c23-13-5-1-3-7-19(25)15-21-17-9-11-18(12-10-17)22-16-20(26)8-4-2-6-14-24/h9-12,21-24H,1-8,13-16H2. The fourth-order valence-corrected chi connectivity index (χ4v) is 2.51. The molecular formula is C20H32N2O4. The molecule has 0 aliphatic heterocycles. The molecule has 0 spiro atoms. The highest BCUT2D eigenvalue weighted by molar-refractivity contribution is 5.83. The van der Waals surface area contributed by atoms with Crippen LogP contribution in [0.2, 0.25) is 0 Å². The number of anilines is 2. The van der Waals surface area contributed by atoms with Crippen molar-refractivity contribution in [1.29, 1.82) is 0 Å². The molecule has 1 aromatic rings. The molecule has 26 heavy (non-hydrogen) atoms. The molecule has 0 unspecified atom stereocenters. The number of ketones is 2. The van der Waals surface area contributed by atoms with Crippen LogP contribution in [0.3, 0.4) is 0 Å². The highest BCUT2D eigenvalue weighted by Crippen LogP contribution is 2.13. The lowest BCUT2D eigenvalue weighted by atomic mass is 10.1. The van der Waals surface area contributed by atoms with Gasteiger partial charge in [0.15, 0.2) is 11.6 Å². The Hall–Kier alpha value is -1.92. The second-order valence-corrected chi connectivity index (χ2v) is 6.43. The zero-order chi connectivity index (χ0) is 19.0. The van der Waals surface area contributed by atoms with Crippen LogP contribution in [0, 0.1) is 0 Å². The smallest absolute Gasteiger partial charge is 0.151 e. The third-order valence-corrected chi connectivity index (χ3v) is 4.09. The molecule has 6 heteroatoms. The van der Waals surface area contributed by atoms with Gasteiger partial charge >= 0.3 is 0 Å². The first-order valence-electron chi connectivity index (χ1n) is 9.48. The highest BCUT2D eigenvalue weighted by Gasteiger charge is 2.04. The topological polar surface area (TPSA) is 98.7 Å². The maximum absolute atomic E-state index is 11.8. The number of rotatable bonds is 16. The molecule has 1 rings (SSSR count). The van der Waals surface area contributed by atoms with E-state index in [1.807, 2.05) is 24.3 Å². The lowest BCUT2D eigenvalue weighted by molar-refractivity contribution is -0.118. The predicted octanol–water partition coefficient (Wildman–Crippen LogP) is 2.75. The van der Waals surface area contributed by atoms with Crippen molar-refractivity contribution >= 4 is 22.9 Å². The molecular weight excluding hydrogens is 332 g/mol. The molecule has 4 N–H and O–H groups in total. The van der Waals surface area contributed by atoms with Gasteiger partial charge in [-0.05, 0) is 49.9 Å². The number of carbonyl (C=O) groups is 2. The summed E-state index contributed by atoms with van der Waals surface area (Å²) in [7, 11) is 0. The van der Waals surface area contributed by atoms with Crippen LogP contribution in [0.15, 0.2) is 24.3 Å². The van der Waals surface area contributed by atoms with Gasteiger partial charge in [0.2, 0.25) is 0 Å². The quantitative estimate of drug-likeness (QED) is 0.337. The summed E-state index contributed by atoms with van der Waals surface area (Å²) in [5, 5.41) is 23.6. The van der Waals surface area contributed by atoms with Gasteiger partial charge in [0.25, 0.3) is 0 Å². The fraction of sp³-hybridized carbons (Fsp3) is 0.600. The van der Waals surface area contributed by atoms with E-state index >= 15 is 0 Å². The molecule has 0 aromatic heterocycles. The minimum atomic E-state index is 0.164. The molecule has 146 valence electrons. The summed E-state index contributed by atoms with van der Waals surface area (Å²) in [6.07, 6.45) is 5.96. The summed E-state index contributed by atoms with van der Waals surface area (Å²) < 4.78 is 0. The Morgan fingerprint density at radius 1 is 0.654 bits per heavy atom. The molecule has 1 aromatic carbocycles. The number of aliphatic hydroxyl groups is 2. The first kappa shape index (κ1) is 22.1. The molecule has 6 nitrogen and oxygen atoms in total. The minimum Gasteiger partial charge on any atom is -0.396 e. The molecule has 0 atom stereocenters. The predicted molar refractivity (Wildman–Crippen MR) is 105 cm³/mol. The van der Waals surface area contributed by atoms with Crippen LogP contribution < -0.4 is 10.6 Å². The van der Waals surface area contributed by atoms with E-state index < -0.39 is 0 Å². The number of nitrogens with one attached hydrogen (secondary N) is 2. The Morgan fingerprint density at radius 2 is 1.04 bits per heavy atom. The third kappa shape index (κ3) is 10.8. The number of hydrogen-bond donors (Lipinski definition) is 4. The number of Topliss-reactive ketones (excluding diaryl/α,β-unsaturated/α-hetero) is 2. The third-order valence-electron chi connectivity index (χ3n) is 4.09. The zero-order valence-electron chi connectivity index (χ0n) is 15.5. The molecule has 0 bridgehead atoms. The largest absolute Gasteiger partial charge is 0.396 e. The Bertz CT molecular complexity index is 470. The van der Waals surface area contributed by atoms with Gasteiger partial charge in [0, 0.05) is 37.4 Å². The van der Waals surface area contributed by atoms with Crippen molar-refractivity contribution in [2.45, 2.75) is 51.4 Å². The SMILES string of the molecule is O=C(CCCCCO)CNc1ccc(NCC(=O)CCCCCO)cc1. The van der Waals surface area contributed by atoms with Crippen molar-refractivity contribution in [2.24, 2.45) is 0 Å². The van der Waals surface area contributed by atoms with Gasteiger partial charge in [-0.15, -0.1) is 0 Å². The Morgan fingerprint density at radius 3 is 1.38 bits per heavy atom. The number of aliphatic hydroxyl groups excluding tert-OH is 2. The number of hydrogen-bond acceptors (Lipinski definition) is 6. The molecule has 0 heterocycles. The summed E-state index contributed by atoms with van der Waals surface area (Å²) in [5.74, 6) is 0.328. The van der Waals surface area contributed by atoms with Gasteiger partial charge in [0.05, 0.1) is 13.1 Å². The molecule has 0 fully saturated rings. The number of benzene rings is 1. The van der Waals surface area contributed by atoms with E-state index in [0.717, 1.165) is 49.9 Å². The summed E-state index contributed by atoms with van der Waals surface area (Å²) in [6.45, 7) is 0.973. The Kier molecular flexibility index (Phi) is 12.1. The van der Waals surface area contributed by atoms with Gasteiger partial charge in [0.1, 0.15) is 0 Å². The second-order valence-electron chi connectivity index (χ2n) is 6.43. The van der Waals surface area contributed by atoms with Crippen LogP contribution in [0.1, 0.15) is 51.4 Å². The van der Waals surface area contributed by atoms with Gasteiger partial charge in [-0.2, -0.15) is 0 Å². The van der Waals surface area contributed by atoms with Crippen molar-refractivity contribution in [2.75, 3.05) is 36.9 Å². The Balaban J connectivity index is 2.20. The van der Waals surface area contributed by atoms with E-state index in [0.29, 0.717) is 25.9 Å². The van der Waals surface area contributed by atoms with E-state index in [1.54, 1.807) is 0 Å². The van der Waals surface area contributed by atoms with Crippen LogP contribution in [-0.2, 0) is 9.59 Å². The van der Waals surface area contributed by atoms with Crippen molar-refractivity contribution in [1.82, 2.24) is 0 Å². The van der Waals surface area contributed by atoms with Gasteiger partial charge in [-0.25, -0.2) is 0 Å². The zero-order valence-corrected chi connectivity index (χ0v) is 15.5. The maximum Gasteiger partial charge on any atom is 0.151 e. The first-order valence-corrected chi connectivity index (χ1v) is 9.48. The summed E-state index contributed by atoms with van der Waals surface area (Å²) >= 11 is 0. The lowest BCUT2D eigenvalue weighted by Crippen LogP contribution is -2.14. The minimum absolute atomic E-state index is 0.164. The van der Waals surface area contributed by atoms with Crippen LogP contribution in [0.25, 0.3) is 0 Å². The van der Waals surface area contributed by atoms with Crippen molar-refractivity contribution in [3.63, 3.8) is 0 Å². The van der Waals surface area contributed by atoms with Crippen molar-refractivity contribution in [3.8, 4) is 0 Å². The molecule has 0 saturated carbocycles. The van der Waals surface area contributed by atoms with E-state index in [1.165, 1.54) is 0 Å². The van der Waals surface area contributed by atoms with E-state index in [9.17, 15) is 9.59 Å². The van der Waals surface area contributed by atoms with Crippen LogP contribution in [0.5, 0.6) is 0 Å². The molecule has 0 radical (unpaired) electrons. The average Bonchev–Trinajstić information content (AvgIpc) is 2.66. The normalized spacial score (nSPS) is 10.5. The average molecular weight is 364 g/mol. The van der Waals surface area contributed by atoms with E-state index in [-0.39, 0.29) is 24.8 Å². The fourth-order valence-electron chi connectivity index (χ4n) is 2.51. The molecule has 0 aliphatic rings. The summed E-state index contributed by atoms with van der Waals surface area (Å²) in [4.78, 5) is 23.5. The van der Waals surface area contributed by atoms with Crippen molar-refractivity contribution < 1.29 is 19.8 Å². The number of unbranched alkanes of at least 4 members (excludes halogenated alkanes) is 4. The van der Waals surface area contributed by atoms with Gasteiger partial charge in [-0.3, -0.25) is 9.59 Å². The van der Waals surface area contributed by atoms with Crippen LogP contribution in [0.4, 0.5) is 11.4 Å². The number of carbonyl (C=O) groups excluding carboxylic acids is 2. The first-order chi connectivity index (χ1) is 12.7. The van der Waals surface area contributed by atoms with E-state index in [2.05, 4.69) is 10.6 Å². The summed E-state index contributed by atoms with van der Waals surface area (Å²) in [5.41, 5.74) is 1.74. The summed E-state index contributed by atoms with van der Waals surface area (Å²) in [6, 6.07) is 7.53. The van der Waals surface area contributed by atoms with Crippen molar-refractivity contribution in [3.05, 3.63) is 24.3 Å². The maximum atomic E-state index is 11.8. The van der Waals surface area contributed by atoms with Gasteiger partial charge < -0.3 is 20.8 Å². The second kappa shape index (κ2) is 14.3. The molecule has 0 saturated heterocycles. The molecule has 0 amide bonds. The van der Waals surface area contributed by atoms with Crippen LogP contribution in [-0.4, -0.2) is 48.1 Å². The lowest BCUT2D eigenvalue weighted by Gasteiger charge is -2.09. The Labute approximate surface area is 156 Å². The van der Waals surface area contributed by atoms with Gasteiger partial charge in [-0.1, -0.05) is 12.8 Å². The highest BCUT2D eigenvalue weighted by atomic mass is 16.3. The monoisotopic (exact) mass is 364 g/mol. The van der Waals surface area contributed by atoms with Crippen LogP contribution >= 0.6 is 0 Å². The molecule has 0 aliphatic carbocycles.